The monoisotopic (exact) mass is 337 g/mol. The third-order valence-corrected chi connectivity index (χ3v) is 4.42. The van der Waals surface area contributed by atoms with E-state index in [4.69, 9.17) is 5.26 Å². The van der Waals surface area contributed by atoms with Crippen molar-refractivity contribution in [3.63, 3.8) is 0 Å². The van der Waals surface area contributed by atoms with Gasteiger partial charge in [0.1, 0.15) is 18.9 Å². The van der Waals surface area contributed by atoms with Crippen LogP contribution in [0, 0.1) is 18.3 Å². The number of nitrogens with zero attached hydrogens (tertiary/aromatic N) is 4. The van der Waals surface area contributed by atoms with E-state index in [0.717, 1.165) is 10.4 Å². The summed E-state index contributed by atoms with van der Waals surface area (Å²) >= 11 is 1.59. The van der Waals surface area contributed by atoms with Crippen molar-refractivity contribution in [2.75, 3.05) is 0 Å². The van der Waals surface area contributed by atoms with Gasteiger partial charge in [0.05, 0.1) is 6.04 Å². The first kappa shape index (κ1) is 15.9. The lowest BCUT2D eigenvalue weighted by molar-refractivity contribution is -0.122. The van der Waals surface area contributed by atoms with Crippen molar-refractivity contribution in [2.45, 2.75) is 19.5 Å². The summed E-state index contributed by atoms with van der Waals surface area (Å²) in [5.41, 5.74) is 2.19. The first-order valence-electron chi connectivity index (χ1n) is 7.34. The van der Waals surface area contributed by atoms with E-state index in [-0.39, 0.29) is 24.3 Å². The zero-order chi connectivity index (χ0) is 16.9. The van der Waals surface area contributed by atoms with E-state index in [2.05, 4.69) is 15.4 Å². The Morgan fingerprint density at radius 2 is 2.17 bits per heavy atom. The lowest BCUT2D eigenvalue weighted by Gasteiger charge is -2.18. The second-order valence-corrected chi connectivity index (χ2v) is 6.28. The molecule has 0 radical (unpaired) electrons. The van der Waals surface area contributed by atoms with Gasteiger partial charge < -0.3 is 5.32 Å². The van der Waals surface area contributed by atoms with E-state index in [1.165, 1.54) is 16.6 Å². The molecule has 1 aromatic carbocycles. The van der Waals surface area contributed by atoms with Crippen LogP contribution in [-0.4, -0.2) is 20.7 Å². The summed E-state index contributed by atoms with van der Waals surface area (Å²) < 4.78 is 1.36. The largest absolute Gasteiger partial charge is 0.343 e. The average Bonchev–Trinajstić information content (AvgIpc) is 3.25. The van der Waals surface area contributed by atoms with Gasteiger partial charge in [-0.3, -0.25) is 4.79 Å². The van der Waals surface area contributed by atoms with Gasteiger partial charge in [0.15, 0.2) is 0 Å². The van der Waals surface area contributed by atoms with Gasteiger partial charge in [-0.2, -0.15) is 5.26 Å². The fraction of sp³-hybridized carbons (Fsp3) is 0.176. The summed E-state index contributed by atoms with van der Waals surface area (Å²) in [5, 5.41) is 17.7. The third-order valence-electron chi connectivity index (χ3n) is 3.49. The molecule has 1 atom stereocenters. The number of aromatic nitrogens is 3. The van der Waals surface area contributed by atoms with Crippen molar-refractivity contribution in [1.29, 1.82) is 5.26 Å². The summed E-state index contributed by atoms with van der Waals surface area (Å²) in [7, 11) is 0. The molecule has 6 nitrogen and oxygen atoms in total. The molecule has 0 aliphatic heterocycles. The van der Waals surface area contributed by atoms with Crippen LogP contribution in [0.2, 0.25) is 0 Å². The standard InChI is InChI=1S/C17H15N5OS/c1-12-4-6-13(7-5-12)17(14-3-2-8-24-14)20-16(23)10-22-11-19-15(9-18)21-22/h2-8,11,17H,10H2,1H3,(H,20,23). The van der Waals surface area contributed by atoms with Crippen molar-refractivity contribution in [1.82, 2.24) is 20.1 Å². The molecule has 3 rings (SSSR count). The lowest BCUT2D eigenvalue weighted by atomic mass is 10.0. The van der Waals surface area contributed by atoms with Crippen LogP contribution in [0.3, 0.4) is 0 Å². The highest BCUT2D eigenvalue weighted by molar-refractivity contribution is 7.10. The fourth-order valence-corrected chi connectivity index (χ4v) is 3.11. The van der Waals surface area contributed by atoms with Gasteiger partial charge in [0, 0.05) is 4.88 Å². The molecule has 0 spiro atoms. The fourth-order valence-electron chi connectivity index (χ4n) is 2.31. The number of hydrogen-bond acceptors (Lipinski definition) is 5. The van der Waals surface area contributed by atoms with Crippen LogP contribution >= 0.6 is 11.3 Å². The Kier molecular flexibility index (Phi) is 4.68. The second kappa shape index (κ2) is 7.06. The Bertz CT molecular complexity index is 861. The number of thiophene rings is 1. The Labute approximate surface area is 143 Å². The SMILES string of the molecule is Cc1ccc(C(NC(=O)Cn2cnc(C#N)n2)c2cccs2)cc1. The van der Waals surface area contributed by atoms with Gasteiger partial charge in [-0.05, 0) is 23.9 Å². The molecule has 2 aromatic heterocycles. The molecule has 2 heterocycles. The molecule has 0 fully saturated rings. The van der Waals surface area contributed by atoms with E-state index >= 15 is 0 Å². The Morgan fingerprint density at radius 1 is 1.38 bits per heavy atom. The summed E-state index contributed by atoms with van der Waals surface area (Å²) in [6.45, 7) is 2.04. The maximum absolute atomic E-state index is 12.4. The number of rotatable bonds is 5. The van der Waals surface area contributed by atoms with Crippen LogP contribution in [0.1, 0.15) is 27.9 Å². The number of nitrogens with one attached hydrogen (secondary N) is 1. The van der Waals surface area contributed by atoms with Crippen LogP contribution in [-0.2, 0) is 11.3 Å². The number of hydrogen-bond donors (Lipinski definition) is 1. The van der Waals surface area contributed by atoms with Gasteiger partial charge >= 0.3 is 0 Å². The number of aryl methyl sites for hydroxylation is 1. The second-order valence-electron chi connectivity index (χ2n) is 5.30. The quantitative estimate of drug-likeness (QED) is 0.775. The molecular formula is C17H15N5OS. The van der Waals surface area contributed by atoms with Gasteiger partial charge in [0.2, 0.25) is 5.91 Å². The number of nitriles is 1. The normalized spacial score (nSPS) is 11.7. The van der Waals surface area contributed by atoms with Gasteiger partial charge in [-0.1, -0.05) is 35.9 Å². The molecular weight excluding hydrogens is 322 g/mol. The molecule has 1 amide bonds. The maximum atomic E-state index is 12.4. The molecule has 1 unspecified atom stereocenters. The highest BCUT2D eigenvalue weighted by Crippen LogP contribution is 2.26. The molecule has 7 heteroatoms. The van der Waals surface area contributed by atoms with Crippen molar-refractivity contribution in [3.8, 4) is 6.07 Å². The van der Waals surface area contributed by atoms with E-state index in [0.29, 0.717) is 0 Å². The Balaban J connectivity index is 1.78. The summed E-state index contributed by atoms with van der Waals surface area (Å²) in [4.78, 5) is 17.2. The highest BCUT2D eigenvalue weighted by atomic mass is 32.1. The minimum absolute atomic E-state index is 0.0163. The molecule has 24 heavy (non-hydrogen) atoms. The summed E-state index contributed by atoms with van der Waals surface area (Å²) in [5.74, 6) is -0.139. The minimum atomic E-state index is -0.211. The maximum Gasteiger partial charge on any atom is 0.252 e. The molecule has 120 valence electrons. The first-order chi connectivity index (χ1) is 11.7. The Hall–Kier alpha value is -2.98. The van der Waals surface area contributed by atoms with Gasteiger partial charge in [0.25, 0.3) is 5.82 Å². The number of benzene rings is 1. The van der Waals surface area contributed by atoms with Crippen LogP contribution in [0.4, 0.5) is 0 Å². The topological polar surface area (TPSA) is 83.6 Å². The zero-order valence-corrected chi connectivity index (χ0v) is 13.8. The zero-order valence-electron chi connectivity index (χ0n) is 13.0. The minimum Gasteiger partial charge on any atom is -0.343 e. The molecule has 1 N–H and O–H groups in total. The molecule has 0 saturated heterocycles. The highest BCUT2D eigenvalue weighted by Gasteiger charge is 2.18. The summed E-state index contributed by atoms with van der Waals surface area (Å²) in [6, 6.07) is 13.7. The van der Waals surface area contributed by atoms with E-state index < -0.39 is 0 Å². The smallest absolute Gasteiger partial charge is 0.252 e. The molecule has 3 aromatic rings. The van der Waals surface area contributed by atoms with Gasteiger partial charge in [-0.25, -0.2) is 9.67 Å². The van der Waals surface area contributed by atoms with Crippen molar-refractivity contribution in [3.05, 3.63) is 69.9 Å². The average molecular weight is 337 g/mol. The Morgan fingerprint density at radius 3 is 2.79 bits per heavy atom. The van der Waals surface area contributed by atoms with E-state index in [1.807, 2.05) is 54.8 Å². The van der Waals surface area contributed by atoms with Gasteiger partial charge in [-0.15, -0.1) is 16.4 Å². The molecule has 0 bridgehead atoms. The third kappa shape index (κ3) is 3.67. The molecule has 0 aliphatic rings. The first-order valence-corrected chi connectivity index (χ1v) is 8.22. The predicted molar refractivity (Wildman–Crippen MR) is 90.2 cm³/mol. The lowest BCUT2D eigenvalue weighted by Crippen LogP contribution is -2.32. The molecule has 0 aliphatic carbocycles. The predicted octanol–water partition coefficient (Wildman–Crippen LogP) is 2.43. The van der Waals surface area contributed by atoms with Crippen molar-refractivity contribution in [2.24, 2.45) is 0 Å². The van der Waals surface area contributed by atoms with E-state index in [1.54, 1.807) is 11.3 Å². The van der Waals surface area contributed by atoms with Crippen molar-refractivity contribution >= 4 is 17.2 Å². The number of carbonyl (C=O) groups excluding carboxylic acids is 1. The van der Waals surface area contributed by atoms with Crippen LogP contribution < -0.4 is 5.32 Å². The number of carbonyl (C=O) groups is 1. The van der Waals surface area contributed by atoms with Crippen LogP contribution in [0.25, 0.3) is 0 Å². The van der Waals surface area contributed by atoms with Crippen LogP contribution in [0.5, 0.6) is 0 Å². The van der Waals surface area contributed by atoms with Crippen molar-refractivity contribution < 1.29 is 4.79 Å². The van der Waals surface area contributed by atoms with Crippen LogP contribution in [0.15, 0.2) is 48.1 Å². The van der Waals surface area contributed by atoms with E-state index in [9.17, 15) is 4.79 Å². The molecule has 0 saturated carbocycles. The number of amides is 1. The summed E-state index contributed by atoms with van der Waals surface area (Å²) in [6.07, 6.45) is 1.38.